The van der Waals surface area contributed by atoms with Gasteiger partial charge in [0.1, 0.15) is 12.6 Å². The Morgan fingerprint density at radius 1 is 0.921 bits per heavy atom. The van der Waals surface area contributed by atoms with E-state index in [4.69, 9.17) is 0 Å². The van der Waals surface area contributed by atoms with Crippen LogP contribution in [0.15, 0.2) is 83.3 Å². The molecule has 9 heteroatoms. The maximum atomic E-state index is 14.0. The molecule has 0 aliphatic carbocycles. The van der Waals surface area contributed by atoms with E-state index in [0.717, 1.165) is 31.7 Å². The van der Waals surface area contributed by atoms with Crippen LogP contribution in [-0.2, 0) is 32.6 Å². The van der Waals surface area contributed by atoms with Crippen LogP contribution in [0.4, 0.5) is 5.69 Å². The highest BCUT2D eigenvalue weighted by atomic mass is 79.9. The summed E-state index contributed by atoms with van der Waals surface area (Å²) in [4.78, 5) is 29.0. The van der Waals surface area contributed by atoms with E-state index >= 15 is 0 Å². The Labute approximate surface area is 234 Å². The number of amides is 2. The highest BCUT2D eigenvalue weighted by Crippen LogP contribution is 2.25. The maximum absolute atomic E-state index is 14.0. The molecule has 0 spiro atoms. The summed E-state index contributed by atoms with van der Waals surface area (Å²) >= 11 is 3.44. The van der Waals surface area contributed by atoms with Crippen LogP contribution in [0.3, 0.4) is 0 Å². The van der Waals surface area contributed by atoms with E-state index in [1.807, 2.05) is 81.4 Å². The minimum absolute atomic E-state index is 0.132. The van der Waals surface area contributed by atoms with Gasteiger partial charge in [-0.15, -0.1) is 0 Å². The molecule has 0 bridgehead atoms. The van der Waals surface area contributed by atoms with E-state index in [2.05, 4.69) is 21.2 Å². The Morgan fingerprint density at radius 2 is 1.50 bits per heavy atom. The zero-order chi connectivity index (χ0) is 27.9. The predicted molar refractivity (Wildman–Crippen MR) is 155 cm³/mol. The molecule has 3 aromatic rings. The minimum atomic E-state index is -3.80. The lowest BCUT2D eigenvalue weighted by Gasteiger charge is -2.34. The standard InChI is InChI=1S/C29H34BrN3O4S/c1-21(2)31-29(35)27(18-23-11-7-5-8-12-23)32(19-24-13-9-6-10-14-24)28(34)20-33(38(4,36)37)25-15-16-26(30)22(3)17-25/h5-17,21,27H,18-20H2,1-4H3,(H,31,35)/t27-/m1/s1. The van der Waals surface area contributed by atoms with Gasteiger partial charge in [0.15, 0.2) is 0 Å². The SMILES string of the molecule is Cc1cc(N(CC(=O)N(Cc2ccccc2)[C@H](Cc2ccccc2)C(=O)NC(C)C)S(C)(=O)=O)ccc1Br. The molecule has 1 N–H and O–H groups in total. The number of aryl methyl sites for hydroxylation is 1. The highest BCUT2D eigenvalue weighted by Gasteiger charge is 2.33. The Hall–Kier alpha value is -3.17. The number of hydrogen-bond donors (Lipinski definition) is 1. The molecule has 0 unspecified atom stereocenters. The van der Waals surface area contributed by atoms with Gasteiger partial charge >= 0.3 is 0 Å². The van der Waals surface area contributed by atoms with Gasteiger partial charge in [0.25, 0.3) is 0 Å². The first-order valence-electron chi connectivity index (χ1n) is 12.4. The van der Waals surface area contributed by atoms with Gasteiger partial charge in [0, 0.05) is 23.5 Å². The third-order valence-electron chi connectivity index (χ3n) is 6.01. The summed E-state index contributed by atoms with van der Waals surface area (Å²) in [5, 5.41) is 2.94. The van der Waals surface area contributed by atoms with E-state index in [9.17, 15) is 18.0 Å². The van der Waals surface area contributed by atoms with Crippen molar-refractivity contribution in [2.24, 2.45) is 0 Å². The summed E-state index contributed by atoms with van der Waals surface area (Å²) in [6.45, 7) is 5.29. The molecule has 0 aliphatic rings. The smallest absolute Gasteiger partial charge is 0.244 e. The van der Waals surface area contributed by atoms with E-state index in [0.29, 0.717) is 5.69 Å². The van der Waals surface area contributed by atoms with Crippen molar-refractivity contribution in [3.05, 3.63) is 100 Å². The fourth-order valence-corrected chi connectivity index (χ4v) is 5.20. The Kier molecular flexibility index (Phi) is 10.1. The molecule has 202 valence electrons. The Morgan fingerprint density at radius 3 is 2.03 bits per heavy atom. The molecule has 0 saturated carbocycles. The average molecular weight is 601 g/mol. The second-order valence-corrected chi connectivity index (χ2v) is 12.3. The van der Waals surface area contributed by atoms with Gasteiger partial charge in [-0.1, -0.05) is 76.6 Å². The summed E-state index contributed by atoms with van der Waals surface area (Å²) < 4.78 is 27.6. The number of nitrogens with zero attached hydrogens (tertiary/aromatic N) is 2. The first-order chi connectivity index (χ1) is 18.0. The van der Waals surface area contributed by atoms with Gasteiger partial charge in [-0.25, -0.2) is 8.42 Å². The lowest BCUT2D eigenvalue weighted by molar-refractivity contribution is -0.140. The number of anilines is 1. The van der Waals surface area contributed by atoms with Crippen molar-refractivity contribution in [1.29, 1.82) is 0 Å². The molecule has 38 heavy (non-hydrogen) atoms. The van der Waals surface area contributed by atoms with Gasteiger partial charge in [0.2, 0.25) is 21.8 Å². The van der Waals surface area contributed by atoms with Gasteiger partial charge in [-0.2, -0.15) is 0 Å². The lowest BCUT2D eigenvalue weighted by Crippen LogP contribution is -2.54. The molecule has 2 amide bonds. The van der Waals surface area contributed by atoms with Crippen molar-refractivity contribution in [2.75, 3.05) is 17.1 Å². The first kappa shape index (κ1) is 29.4. The van der Waals surface area contributed by atoms with Crippen LogP contribution in [0.5, 0.6) is 0 Å². The normalized spacial score (nSPS) is 12.2. The van der Waals surface area contributed by atoms with Gasteiger partial charge in [0.05, 0.1) is 11.9 Å². The van der Waals surface area contributed by atoms with Crippen molar-refractivity contribution in [2.45, 2.75) is 45.8 Å². The molecule has 0 aliphatic heterocycles. The van der Waals surface area contributed by atoms with Crippen molar-refractivity contribution in [1.82, 2.24) is 10.2 Å². The number of benzene rings is 3. The average Bonchev–Trinajstić information content (AvgIpc) is 2.86. The fraction of sp³-hybridized carbons (Fsp3) is 0.310. The Bertz CT molecular complexity index is 1350. The zero-order valence-electron chi connectivity index (χ0n) is 22.1. The van der Waals surface area contributed by atoms with Crippen LogP contribution in [0.1, 0.15) is 30.5 Å². The summed E-state index contributed by atoms with van der Waals surface area (Å²) in [5.74, 6) is -0.766. The molecule has 3 rings (SSSR count). The van der Waals surface area contributed by atoms with Crippen LogP contribution in [0.2, 0.25) is 0 Å². The van der Waals surface area contributed by atoms with Crippen LogP contribution < -0.4 is 9.62 Å². The molecule has 0 radical (unpaired) electrons. The van der Waals surface area contributed by atoms with Crippen LogP contribution in [0, 0.1) is 6.92 Å². The van der Waals surface area contributed by atoms with Crippen molar-refractivity contribution in [3.8, 4) is 0 Å². The predicted octanol–water partition coefficient (Wildman–Crippen LogP) is 4.69. The quantitative estimate of drug-likeness (QED) is 0.346. The molecular formula is C29H34BrN3O4S. The summed E-state index contributed by atoms with van der Waals surface area (Å²) in [5.41, 5.74) is 2.95. The number of sulfonamides is 1. The maximum Gasteiger partial charge on any atom is 0.244 e. The third-order valence-corrected chi connectivity index (χ3v) is 8.04. The van der Waals surface area contributed by atoms with Crippen LogP contribution in [-0.4, -0.2) is 50.0 Å². The van der Waals surface area contributed by atoms with Crippen LogP contribution >= 0.6 is 15.9 Å². The largest absolute Gasteiger partial charge is 0.352 e. The fourth-order valence-electron chi connectivity index (χ4n) is 4.11. The van der Waals surface area contributed by atoms with Crippen molar-refractivity contribution < 1.29 is 18.0 Å². The topological polar surface area (TPSA) is 86.8 Å². The zero-order valence-corrected chi connectivity index (χ0v) is 24.5. The van der Waals surface area contributed by atoms with Crippen molar-refractivity contribution in [3.63, 3.8) is 0 Å². The highest BCUT2D eigenvalue weighted by molar-refractivity contribution is 9.10. The monoisotopic (exact) mass is 599 g/mol. The number of hydrogen-bond acceptors (Lipinski definition) is 4. The minimum Gasteiger partial charge on any atom is -0.352 e. The van der Waals surface area contributed by atoms with E-state index in [1.54, 1.807) is 18.2 Å². The molecule has 1 atom stereocenters. The van der Waals surface area contributed by atoms with Crippen LogP contribution in [0.25, 0.3) is 0 Å². The van der Waals surface area contributed by atoms with E-state index < -0.39 is 28.5 Å². The second kappa shape index (κ2) is 13.1. The lowest BCUT2D eigenvalue weighted by atomic mass is 10.0. The molecular weight excluding hydrogens is 566 g/mol. The summed E-state index contributed by atoms with van der Waals surface area (Å²) in [6.07, 6.45) is 1.36. The summed E-state index contributed by atoms with van der Waals surface area (Å²) in [6, 6.07) is 23.0. The second-order valence-electron chi connectivity index (χ2n) is 9.58. The molecule has 0 aromatic heterocycles. The number of nitrogens with one attached hydrogen (secondary N) is 1. The third kappa shape index (κ3) is 8.16. The number of halogens is 1. The Balaban J connectivity index is 2.04. The molecule has 0 saturated heterocycles. The van der Waals surface area contributed by atoms with E-state index in [1.165, 1.54) is 4.90 Å². The molecule has 0 heterocycles. The first-order valence-corrected chi connectivity index (χ1v) is 15.0. The summed E-state index contributed by atoms with van der Waals surface area (Å²) in [7, 11) is -3.80. The van der Waals surface area contributed by atoms with Gasteiger partial charge in [-0.3, -0.25) is 13.9 Å². The van der Waals surface area contributed by atoms with Gasteiger partial charge < -0.3 is 10.2 Å². The van der Waals surface area contributed by atoms with Gasteiger partial charge in [-0.05, 0) is 55.7 Å². The number of carbonyl (C=O) groups excluding carboxylic acids is 2. The molecule has 3 aromatic carbocycles. The van der Waals surface area contributed by atoms with E-state index in [-0.39, 0.29) is 24.9 Å². The number of rotatable bonds is 11. The van der Waals surface area contributed by atoms with Crippen molar-refractivity contribution >= 4 is 43.5 Å². The molecule has 7 nitrogen and oxygen atoms in total. The molecule has 0 fully saturated rings. The number of carbonyl (C=O) groups is 2.